The molecule has 1 aliphatic rings. The highest BCUT2D eigenvalue weighted by Crippen LogP contribution is 2.29. The summed E-state index contributed by atoms with van der Waals surface area (Å²) in [6, 6.07) is 9.04. The summed E-state index contributed by atoms with van der Waals surface area (Å²) in [5, 5.41) is 5.07. The summed E-state index contributed by atoms with van der Waals surface area (Å²) in [5.74, 6) is 0.950. The summed E-state index contributed by atoms with van der Waals surface area (Å²) in [7, 11) is 3.20. The molecule has 1 saturated heterocycles. The molecule has 1 heterocycles. The summed E-state index contributed by atoms with van der Waals surface area (Å²) >= 11 is 0. The number of hydrogen-bond donors (Lipinski definition) is 1. The van der Waals surface area contributed by atoms with Crippen LogP contribution in [0.25, 0.3) is 16.8 Å². The Kier molecular flexibility index (Phi) is 5.88. The second kappa shape index (κ2) is 8.31. The van der Waals surface area contributed by atoms with Crippen LogP contribution in [0.4, 0.5) is 0 Å². The zero-order valence-electron chi connectivity index (χ0n) is 15.0. The van der Waals surface area contributed by atoms with Crippen LogP contribution in [0.2, 0.25) is 0 Å². The third-order valence-corrected chi connectivity index (χ3v) is 4.40. The van der Waals surface area contributed by atoms with E-state index in [9.17, 15) is 4.79 Å². The minimum atomic E-state index is -0.382. The van der Waals surface area contributed by atoms with Gasteiger partial charge < -0.3 is 24.3 Å². The fourth-order valence-corrected chi connectivity index (χ4v) is 3.03. The Balaban J connectivity index is 1.70. The van der Waals surface area contributed by atoms with Crippen LogP contribution in [0.1, 0.15) is 12.0 Å². The normalized spacial score (nSPS) is 19.5. The van der Waals surface area contributed by atoms with Crippen molar-refractivity contribution in [2.24, 2.45) is 0 Å². The lowest BCUT2D eigenvalue weighted by atomic mass is 10.1. The first-order chi connectivity index (χ1) is 12.6. The van der Waals surface area contributed by atoms with Gasteiger partial charge in [-0.15, -0.1) is 0 Å². The fraction of sp³-hybridized carbons (Fsp3) is 0.350. The first-order valence-electron chi connectivity index (χ1n) is 8.44. The largest absolute Gasteiger partial charge is 0.496 e. The Hall–Kier alpha value is -2.41. The first kappa shape index (κ1) is 18.4. The third-order valence-electron chi connectivity index (χ3n) is 4.40. The highest BCUT2D eigenvalue weighted by Gasteiger charge is 2.31. The average Bonchev–Trinajstić information content (AvgIpc) is 3.14. The Morgan fingerprint density at radius 3 is 2.85 bits per heavy atom. The lowest BCUT2D eigenvalue weighted by Crippen LogP contribution is -2.34. The van der Waals surface area contributed by atoms with E-state index < -0.39 is 0 Å². The van der Waals surface area contributed by atoms with Crippen LogP contribution < -0.4 is 14.8 Å². The van der Waals surface area contributed by atoms with Gasteiger partial charge in [0.1, 0.15) is 24.3 Å². The van der Waals surface area contributed by atoms with Crippen molar-refractivity contribution in [3.05, 3.63) is 42.5 Å². The van der Waals surface area contributed by atoms with Crippen LogP contribution >= 0.6 is 0 Å². The molecule has 1 N–H and O–H groups in total. The number of ether oxygens (including phenoxy) is 4. The predicted octanol–water partition coefficient (Wildman–Crippen LogP) is 2.75. The van der Waals surface area contributed by atoms with E-state index in [1.165, 1.54) is 0 Å². The molecule has 6 heteroatoms. The molecule has 1 fully saturated rings. The van der Waals surface area contributed by atoms with Crippen molar-refractivity contribution in [2.75, 3.05) is 27.6 Å². The zero-order valence-corrected chi connectivity index (χ0v) is 15.0. The molecular weight excluding hydrogens is 334 g/mol. The smallest absolute Gasteiger partial charge is 0.328 e. The molecule has 1 aliphatic heterocycles. The van der Waals surface area contributed by atoms with Gasteiger partial charge in [0, 0.05) is 25.6 Å². The van der Waals surface area contributed by atoms with Crippen molar-refractivity contribution in [1.29, 1.82) is 0 Å². The van der Waals surface area contributed by atoms with Crippen LogP contribution in [-0.2, 0) is 14.3 Å². The van der Waals surface area contributed by atoms with Gasteiger partial charge in [-0.05, 0) is 35.0 Å². The fourth-order valence-electron chi connectivity index (χ4n) is 3.03. The van der Waals surface area contributed by atoms with Crippen LogP contribution in [0, 0.1) is 0 Å². The molecule has 2 aromatic rings. The highest BCUT2D eigenvalue weighted by molar-refractivity contribution is 5.89. The van der Waals surface area contributed by atoms with E-state index in [0.29, 0.717) is 18.7 Å². The van der Waals surface area contributed by atoms with E-state index in [2.05, 4.69) is 11.9 Å². The molecule has 0 spiro atoms. The Morgan fingerprint density at radius 1 is 1.27 bits per heavy atom. The molecule has 26 heavy (non-hydrogen) atoms. The molecule has 3 rings (SSSR count). The number of hydrogen-bond acceptors (Lipinski definition) is 6. The molecule has 0 aromatic heterocycles. The van der Waals surface area contributed by atoms with Gasteiger partial charge in [0.15, 0.2) is 0 Å². The van der Waals surface area contributed by atoms with E-state index in [1.54, 1.807) is 26.4 Å². The predicted molar refractivity (Wildman–Crippen MR) is 99.4 cm³/mol. The van der Waals surface area contributed by atoms with Crippen LogP contribution in [0.15, 0.2) is 36.9 Å². The minimum Gasteiger partial charge on any atom is -0.496 e. The van der Waals surface area contributed by atoms with Gasteiger partial charge in [-0.3, -0.25) is 0 Å². The number of fused-ring (bicyclic) bond motifs is 1. The summed E-state index contributed by atoms with van der Waals surface area (Å²) in [6.45, 7) is 4.62. The van der Waals surface area contributed by atoms with Crippen LogP contribution in [0.5, 0.6) is 11.5 Å². The van der Waals surface area contributed by atoms with Crippen molar-refractivity contribution < 1.29 is 23.7 Å². The Bertz CT molecular complexity index is 804. The van der Waals surface area contributed by atoms with Gasteiger partial charge >= 0.3 is 5.97 Å². The lowest BCUT2D eigenvalue weighted by Gasteiger charge is -2.12. The van der Waals surface area contributed by atoms with E-state index in [1.807, 2.05) is 24.3 Å². The SMILES string of the molecule is C=Cc1cc2cc(OC(=O)C3CC(OCOC)CN3)ccc2cc1OC. The van der Waals surface area contributed by atoms with Crippen molar-refractivity contribution in [3.8, 4) is 11.5 Å². The lowest BCUT2D eigenvalue weighted by molar-refractivity contribution is -0.136. The van der Waals surface area contributed by atoms with Gasteiger partial charge in [0.2, 0.25) is 0 Å². The highest BCUT2D eigenvalue weighted by atomic mass is 16.7. The topological polar surface area (TPSA) is 66.0 Å². The van der Waals surface area contributed by atoms with Crippen LogP contribution in [0.3, 0.4) is 0 Å². The maximum Gasteiger partial charge on any atom is 0.328 e. The summed E-state index contributed by atoms with van der Waals surface area (Å²) in [6.07, 6.45) is 2.25. The third kappa shape index (κ3) is 4.04. The Labute approximate surface area is 152 Å². The number of nitrogens with one attached hydrogen (secondary N) is 1. The number of methoxy groups -OCH3 is 2. The molecule has 138 valence electrons. The minimum absolute atomic E-state index is 0.0493. The number of carbonyl (C=O) groups is 1. The van der Waals surface area contributed by atoms with E-state index in [0.717, 1.165) is 22.1 Å². The summed E-state index contributed by atoms with van der Waals surface area (Å²) in [5.41, 5.74) is 0.888. The molecule has 0 radical (unpaired) electrons. The molecular formula is C20H23NO5. The summed E-state index contributed by atoms with van der Waals surface area (Å²) in [4.78, 5) is 12.4. The first-order valence-corrected chi connectivity index (χ1v) is 8.44. The van der Waals surface area contributed by atoms with E-state index in [-0.39, 0.29) is 24.9 Å². The number of carbonyl (C=O) groups excluding carboxylic acids is 1. The molecule has 0 amide bonds. The number of rotatable bonds is 7. The molecule has 2 aromatic carbocycles. The van der Waals surface area contributed by atoms with Gasteiger partial charge in [-0.25, -0.2) is 4.79 Å². The maximum atomic E-state index is 12.4. The second-order valence-electron chi connectivity index (χ2n) is 6.12. The number of benzene rings is 2. The number of esters is 1. The van der Waals surface area contributed by atoms with Gasteiger partial charge in [0.25, 0.3) is 0 Å². The maximum absolute atomic E-state index is 12.4. The Morgan fingerprint density at radius 2 is 2.12 bits per heavy atom. The van der Waals surface area contributed by atoms with Crippen molar-refractivity contribution >= 4 is 22.8 Å². The van der Waals surface area contributed by atoms with Crippen LogP contribution in [-0.4, -0.2) is 45.7 Å². The summed E-state index contributed by atoms with van der Waals surface area (Å²) < 4.78 is 21.3. The second-order valence-corrected chi connectivity index (χ2v) is 6.12. The molecule has 2 unspecified atom stereocenters. The molecule has 6 nitrogen and oxygen atoms in total. The van der Waals surface area contributed by atoms with Gasteiger partial charge in [-0.2, -0.15) is 0 Å². The monoisotopic (exact) mass is 357 g/mol. The van der Waals surface area contributed by atoms with Crippen molar-refractivity contribution in [1.82, 2.24) is 5.32 Å². The molecule has 0 bridgehead atoms. The van der Waals surface area contributed by atoms with Crippen molar-refractivity contribution in [2.45, 2.75) is 18.6 Å². The van der Waals surface area contributed by atoms with Crippen molar-refractivity contribution in [3.63, 3.8) is 0 Å². The quantitative estimate of drug-likeness (QED) is 0.467. The van der Waals surface area contributed by atoms with Gasteiger partial charge in [-0.1, -0.05) is 18.7 Å². The molecule has 2 atom stereocenters. The molecule has 0 aliphatic carbocycles. The standard InChI is InChI=1S/C20H23NO5/c1-4-13-7-15-8-16(6-5-14(15)9-19(13)24-3)26-20(22)18-10-17(11-21-18)25-12-23-2/h4-9,17-18,21H,1,10-12H2,2-3H3. The van der Waals surface area contributed by atoms with E-state index >= 15 is 0 Å². The average molecular weight is 357 g/mol. The molecule has 0 saturated carbocycles. The zero-order chi connectivity index (χ0) is 18.5. The van der Waals surface area contributed by atoms with E-state index in [4.69, 9.17) is 18.9 Å². The van der Waals surface area contributed by atoms with Gasteiger partial charge in [0.05, 0.1) is 13.2 Å².